The van der Waals surface area contributed by atoms with E-state index in [9.17, 15) is 9.59 Å². The summed E-state index contributed by atoms with van der Waals surface area (Å²) in [5, 5.41) is 0. The van der Waals surface area contributed by atoms with E-state index < -0.39 is 0 Å². The van der Waals surface area contributed by atoms with E-state index in [1.54, 1.807) is 6.92 Å². The van der Waals surface area contributed by atoms with E-state index in [0.717, 1.165) is 25.5 Å². The smallest absolute Gasteiger partial charge is 0.305 e. The fraction of sp³-hybridized carbons (Fsp3) is 0.714. The van der Waals surface area contributed by atoms with Crippen LogP contribution in [0.3, 0.4) is 0 Å². The molecule has 0 bridgehead atoms. The Morgan fingerprint density at radius 2 is 2.21 bits per heavy atom. The Bertz CT molecular complexity index is 313. The number of unbranched alkanes of at least 4 members (excludes halogenated alkanes) is 1. The molecule has 0 aliphatic carbocycles. The van der Waals surface area contributed by atoms with Crippen LogP contribution in [0, 0.1) is 5.92 Å². The van der Waals surface area contributed by atoms with Crippen LogP contribution in [0.25, 0.3) is 0 Å². The molecule has 0 spiro atoms. The van der Waals surface area contributed by atoms with E-state index in [1.807, 2.05) is 12.2 Å². The monoisotopic (exact) mass is 270 g/mol. The summed E-state index contributed by atoms with van der Waals surface area (Å²) in [7, 11) is 1.39. The fourth-order valence-corrected chi connectivity index (χ4v) is 1.93. The van der Waals surface area contributed by atoms with Gasteiger partial charge in [-0.25, -0.2) is 0 Å². The third kappa shape index (κ3) is 5.98. The van der Waals surface area contributed by atoms with Gasteiger partial charge in [0.1, 0.15) is 12.4 Å². The van der Waals surface area contributed by atoms with Gasteiger partial charge in [-0.15, -0.1) is 0 Å². The first-order chi connectivity index (χ1) is 9.17. The Kier molecular flexibility index (Phi) is 7.36. The lowest BCUT2D eigenvalue weighted by atomic mass is 9.99. The lowest BCUT2D eigenvalue weighted by Gasteiger charge is -2.31. The largest absolute Gasteiger partial charge is 0.469 e. The minimum atomic E-state index is -0.386. The first-order valence-electron chi connectivity index (χ1n) is 6.61. The summed E-state index contributed by atoms with van der Waals surface area (Å²) in [6.07, 6.45) is 6.96. The second kappa shape index (κ2) is 8.82. The Morgan fingerprint density at radius 1 is 1.42 bits per heavy atom. The first-order valence-corrected chi connectivity index (χ1v) is 6.61. The molecule has 0 saturated carbocycles. The van der Waals surface area contributed by atoms with Gasteiger partial charge in [-0.3, -0.25) is 4.79 Å². The molecule has 0 unspecified atom stereocenters. The maximum Gasteiger partial charge on any atom is 0.305 e. The van der Waals surface area contributed by atoms with Crippen LogP contribution in [0.1, 0.15) is 32.6 Å². The van der Waals surface area contributed by atoms with E-state index in [1.165, 1.54) is 7.11 Å². The molecule has 1 fully saturated rings. The quantitative estimate of drug-likeness (QED) is 0.306. The van der Waals surface area contributed by atoms with Gasteiger partial charge in [0, 0.05) is 12.3 Å². The van der Waals surface area contributed by atoms with Gasteiger partial charge in [-0.2, -0.15) is 0 Å². The number of hydrogen-bond acceptors (Lipinski definition) is 5. The van der Waals surface area contributed by atoms with Crippen molar-refractivity contribution in [2.45, 2.75) is 45.0 Å². The number of carbonyl (C=O) groups is 2. The molecule has 0 amide bonds. The van der Waals surface area contributed by atoms with Crippen LogP contribution in [0.2, 0.25) is 0 Å². The highest BCUT2D eigenvalue weighted by Gasteiger charge is 2.28. The molecule has 5 nitrogen and oxygen atoms in total. The number of methoxy groups -OCH3 is 1. The lowest BCUT2D eigenvalue weighted by Crippen LogP contribution is -2.39. The summed E-state index contributed by atoms with van der Waals surface area (Å²) in [5.74, 6) is -0.108. The molecule has 1 saturated heterocycles. The maximum atomic E-state index is 10.9. The summed E-state index contributed by atoms with van der Waals surface area (Å²) < 4.78 is 15.3. The lowest BCUT2D eigenvalue weighted by molar-refractivity contribution is -0.219. The standard InChI is InChI=1S/C14H22O5/c1-11-18-10-12(13(9-15)19-11)7-5-3-4-6-8-14(16)17-2/h3,5,9,11-13H,4,6-8,10H2,1-2H3/t11-,12+,13+/m1/s1. The average molecular weight is 270 g/mol. The van der Waals surface area contributed by atoms with E-state index in [4.69, 9.17) is 9.47 Å². The molecule has 1 aliphatic rings. The van der Waals surface area contributed by atoms with Crippen molar-refractivity contribution in [3.05, 3.63) is 12.2 Å². The normalized spacial score (nSPS) is 27.4. The third-order valence-corrected chi connectivity index (χ3v) is 3.08. The third-order valence-electron chi connectivity index (χ3n) is 3.08. The summed E-state index contributed by atoms with van der Waals surface area (Å²) in [6, 6.07) is 0. The molecule has 0 aromatic carbocycles. The predicted octanol–water partition coefficient (Wildman–Crippen LogP) is 1.85. The number of carbonyl (C=O) groups excluding carboxylic acids is 2. The number of esters is 1. The van der Waals surface area contributed by atoms with E-state index in [2.05, 4.69) is 4.74 Å². The molecule has 0 radical (unpaired) electrons. The Morgan fingerprint density at radius 3 is 2.89 bits per heavy atom. The van der Waals surface area contributed by atoms with Gasteiger partial charge in [0.15, 0.2) is 6.29 Å². The van der Waals surface area contributed by atoms with E-state index >= 15 is 0 Å². The van der Waals surface area contributed by atoms with E-state index in [0.29, 0.717) is 13.0 Å². The number of allylic oxidation sites excluding steroid dienone is 2. The van der Waals surface area contributed by atoms with Crippen molar-refractivity contribution in [3.8, 4) is 0 Å². The molecular formula is C14H22O5. The van der Waals surface area contributed by atoms with Crippen molar-refractivity contribution < 1.29 is 23.8 Å². The topological polar surface area (TPSA) is 61.8 Å². The van der Waals surface area contributed by atoms with Crippen molar-refractivity contribution in [2.24, 2.45) is 5.92 Å². The summed E-state index contributed by atoms with van der Waals surface area (Å²) in [5.41, 5.74) is 0. The second-order valence-corrected chi connectivity index (χ2v) is 4.57. The molecule has 1 aliphatic heterocycles. The number of aldehydes is 1. The van der Waals surface area contributed by atoms with Gasteiger partial charge in [-0.05, 0) is 26.2 Å². The van der Waals surface area contributed by atoms with Crippen LogP contribution < -0.4 is 0 Å². The number of rotatable bonds is 7. The second-order valence-electron chi connectivity index (χ2n) is 4.57. The first kappa shape index (κ1) is 15.9. The van der Waals surface area contributed by atoms with Crippen LogP contribution in [-0.4, -0.2) is 38.4 Å². The van der Waals surface area contributed by atoms with Crippen molar-refractivity contribution in [1.29, 1.82) is 0 Å². The minimum Gasteiger partial charge on any atom is -0.469 e. The van der Waals surface area contributed by atoms with Gasteiger partial charge in [0.25, 0.3) is 0 Å². The van der Waals surface area contributed by atoms with Crippen molar-refractivity contribution in [2.75, 3.05) is 13.7 Å². The summed E-state index contributed by atoms with van der Waals surface area (Å²) >= 11 is 0. The van der Waals surface area contributed by atoms with Crippen molar-refractivity contribution in [3.63, 3.8) is 0 Å². The van der Waals surface area contributed by atoms with Gasteiger partial charge >= 0.3 is 5.97 Å². The molecule has 3 atom stereocenters. The Balaban J connectivity index is 2.20. The molecule has 108 valence electrons. The molecule has 0 N–H and O–H groups in total. The zero-order valence-electron chi connectivity index (χ0n) is 11.5. The zero-order chi connectivity index (χ0) is 14.1. The molecule has 5 heteroatoms. The van der Waals surface area contributed by atoms with Crippen LogP contribution in [0.15, 0.2) is 12.2 Å². The van der Waals surface area contributed by atoms with Crippen LogP contribution in [0.5, 0.6) is 0 Å². The number of hydrogen-bond donors (Lipinski definition) is 0. The van der Waals surface area contributed by atoms with E-state index in [-0.39, 0.29) is 24.3 Å². The fourth-order valence-electron chi connectivity index (χ4n) is 1.93. The predicted molar refractivity (Wildman–Crippen MR) is 69.5 cm³/mol. The van der Waals surface area contributed by atoms with Gasteiger partial charge in [-0.1, -0.05) is 12.2 Å². The molecule has 19 heavy (non-hydrogen) atoms. The van der Waals surface area contributed by atoms with Crippen LogP contribution >= 0.6 is 0 Å². The van der Waals surface area contributed by atoms with Crippen molar-refractivity contribution >= 4 is 12.3 Å². The highest BCUT2D eigenvalue weighted by Crippen LogP contribution is 2.20. The molecular weight excluding hydrogens is 248 g/mol. The minimum absolute atomic E-state index is 0.0746. The zero-order valence-corrected chi connectivity index (χ0v) is 11.5. The van der Waals surface area contributed by atoms with Gasteiger partial charge in [0.2, 0.25) is 0 Å². The Labute approximate surface area is 113 Å². The molecule has 1 rings (SSSR count). The molecule has 1 heterocycles. The highest BCUT2D eigenvalue weighted by molar-refractivity contribution is 5.69. The van der Waals surface area contributed by atoms with Gasteiger partial charge in [0.05, 0.1) is 13.7 Å². The van der Waals surface area contributed by atoms with Gasteiger partial charge < -0.3 is 19.0 Å². The SMILES string of the molecule is COC(=O)CCCC=CC[C@H]1CO[C@@H](C)O[C@H]1C=O. The van der Waals surface area contributed by atoms with Crippen LogP contribution in [0.4, 0.5) is 0 Å². The molecule has 0 aromatic heterocycles. The highest BCUT2D eigenvalue weighted by atomic mass is 16.7. The van der Waals surface area contributed by atoms with Crippen LogP contribution in [-0.2, 0) is 23.8 Å². The maximum absolute atomic E-state index is 10.9. The summed E-state index contributed by atoms with van der Waals surface area (Å²) in [4.78, 5) is 21.8. The Hall–Kier alpha value is -1.20. The summed E-state index contributed by atoms with van der Waals surface area (Å²) in [6.45, 7) is 2.33. The average Bonchev–Trinajstić information content (AvgIpc) is 2.43. The molecule has 0 aromatic rings. The van der Waals surface area contributed by atoms with Crippen molar-refractivity contribution in [1.82, 2.24) is 0 Å². The number of ether oxygens (including phenoxy) is 3.